The van der Waals surface area contributed by atoms with Gasteiger partial charge < -0.3 is 5.32 Å². The first kappa shape index (κ1) is 16.6. The van der Waals surface area contributed by atoms with Gasteiger partial charge in [0.15, 0.2) is 0 Å². The molecule has 1 N–H and O–H groups in total. The second-order valence-electron chi connectivity index (χ2n) is 3.53. The van der Waals surface area contributed by atoms with Gasteiger partial charge in [0, 0.05) is 0 Å². The fraction of sp³-hybridized carbons (Fsp3) is 0.700. The van der Waals surface area contributed by atoms with Gasteiger partial charge in [-0.05, 0) is 6.42 Å². The number of alkyl halides is 6. The lowest BCUT2D eigenvalue weighted by atomic mass is 10.1. The van der Waals surface area contributed by atoms with Gasteiger partial charge >= 0.3 is 12.4 Å². The van der Waals surface area contributed by atoms with Crippen LogP contribution in [0.1, 0.15) is 19.8 Å². The molecule has 0 radical (unpaired) electrons. The van der Waals surface area contributed by atoms with Gasteiger partial charge in [-0.2, -0.15) is 26.3 Å². The lowest BCUT2D eigenvalue weighted by molar-refractivity contribution is -0.274. The van der Waals surface area contributed by atoms with E-state index in [0.717, 1.165) is 0 Å². The quantitative estimate of drug-likeness (QED) is 0.620. The van der Waals surface area contributed by atoms with E-state index in [0.29, 0.717) is 6.42 Å². The Morgan fingerprint density at radius 2 is 1.67 bits per heavy atom. The monoisotopic (exact) mass is 275 g/mol. The van der Waals surface area contributed by atoms with E-state index in [-0.39, 0.29) is 6.42 Å². The molecule has 104 valence electrons. The zero-order valence-electron chi connectivity index (χ0n) is 9.32. The molecular formula is C10H11F6NO. The highest BCUT2D eigenvalue weighted by atomic mass is 19.4. The summed E-state index contributed by atoms with van der Waals surface area (Å²) in [5, 5.41) is 1.57. The molecule has 0 spiro atoms. The van der Waals surface area contributed by atoms with Crippen molar-refractivity contribution in [2.24, 2.45) is 5.92 Å². The highest BCUT2D eigenvalue weighted by molar-refractivity contribution is 5.80. The van der Waals surface area contributed by atoms with E-state index >= 15 is 0 Å². The molecule has 0 fully saturated rings. The predicted molar refractivity (Wildman–Crippen MR) is 51.3 cm³/mol. The van der Waals surface area contributed by atoms with Crippen molar-refractivity contribution < 1.29 is 31.1 Å². The average molecular weight is 275 g/mol. The second kappa shape index (κ2) is 5.98. The lowest BCUT2D eigenvalue weighted by Gasteiger charge is -2.23. The van der Waals surface area contributed by atoms with Gasteiger partial charge in [0.05, 0.1) is 6.04 Å². The van der Waals surface area contributed by atoms with Crippen LogP contribution in [0.3, 0.4) is 0 Å². The second-order valence-corrected chi connectivity index (χ2v) is 3.53. The first-order valence-corrected chi connectivity index (χ1v) is 4.94. The van der Waals surface area contributed by atoms with Crippen LogP contribution in [0, 0.1) is 18.3 Å². The number of terminal acetylenes is 1. The Bertz CT molecular complexity index is 313. The summed E-state index contributed by atoms with van der Waals surface area (Å²) in [6.07, 6.45) is -5.99. The molecule has 0 aliphatic rings. The molecule has 18 heavy (non-hydrogen) atoms. The summed E-state index contributed by atoms with van der Waals surface area (Å²) in [6, 6.07) is -1.14. The minimum atomic E-state index is -5.70. The average Bonchev–Trinajstić information content (AvgIpc) is 2.11. The normalized spacial score (nSPS) is 14.2. The van der Waals surface area contributed by atoms with Crippen molar-refractivity contribution in [1.29, 1.82) is 0 Å². The third-order valence-corrected chi connectivity index (χ3v) is 2.01. The van der Waals surface area contributed by atoms with Gasteiger partial charge in [0.1, 0.15) is 0 Å². The number of halogens is 6. The molecule has 0 aromatic rings. The maximum atomic E-state index is 12.2. The molecule has 1 amide bonds. The standard InChI is InChI=1S/C10H11F6NO/c1-3-5-6(4-2)17-8(18)7(9(11,12)13)10(14,15)16/h2,6-7H,3,5H2,1H3,(H,17,18). The zero-order chi connectivity index (χ0) is 14.6. The molecule has 0 rings (SSSR count). The first-order valence-electron chi connectivity index (χ1n) is 4.94. The van der Waals surface area contributed by atoms with Crippen LogP contribution < -0.4 is 5.32 Å². The van der Waals surface area contributed by atoms with Gasteiger partial charge in [0.2, 0.25) is 11.8 Å². The smallest absolute Gasteiger partial charge is 0.342 e. The van der Waals surface area contributed by atoms with Crippen molar-refractivity contribution in [3.05, 3.63) is 0 Å². The van der Waals surface area contributed by atoms with Crippen LogP contribution in [0.5, 0.6) is 0 Å². The summed E-state index contributed by atoms with van der Waals surface area (Å²) in [5.74, 6) is -4.31. The van der Waals surface area contributed by atoms with Crippen molar-refractivity contribution >= 4 is 5.91 Å². The number of hydrogen-bond acceptors (Lipinski definition) is 1. The maximum absolute atomic E-state index is 12.2. The van der Waals surface area contributed by atoms with Crippen molar-refractivity contribution in [3.63, 3.8) is 0 Å². The van der Waals surface area contributed by atoms with Crippen LogP contribution in [0.15, 0.2) is 0 Å². The van der Waals surface area contributed by atoms with E-state index in [1.165, 1.54) is 0 Å². The minimum absolute atomic E-state index is 0.102. The Labute approximate surface area is 99.7 Å². The van der Waals surface area contributed by atoms with E-state index in [1.54, 1.807) is 12.2 Å². The van der Waals surface area contributed by atoms with E-state index in [1.807, 2.05) is 5.92 Å². The summed E-state index contributed by atoms with van der Waals surface area (Å²) in [6.45, 7) is 1.63. The van der Waals surface area contributed by atoms with Crippen LogP contribution in [0.4, 0.5) is 26.3 Å². The molecule has 1 atom stereocenters. The van der Waals surface area contributed by atoms with Crippen molar-refractivity contribution in [2.75, 3.05) is 0 Å². The Morgan fingerprint density at radius 3 is 1.94 bits per heavy atom. The fourth-order valence-electron chi connectivity index (χ4n) is 1.22. The molecule has 2 nitrogen and oxygen atoms in total. The number of amides is 1. The molecule has 0 aliphatic heterocycles. The molecule has 0 aromatic heterocycles. The molecule has 0 aromatic carbocycles. The molecule has 0 saturated carbocycles. The third-order valence-electron chi connectivity index (χ3n) is 2.01. The SMILES string of the molecule is C#CC(CCC)NC(=O)C(C(F)(F)F)C(F)(F)F. The van der Waals surface area contributed by atoms with Crippen LogP contribution in [0.2, 0.25) is 0 Å². The number of carbonyl (C=O) groups is 1. The summed E-state index contributed by atoms with van der Waals surface area (Å²) in [7, 11) is 0. The summed E-state index contributed by atoms with van der Waals surface area (Å²) in [5.41, 5.74) is 0. The van der Waals surface area contributed by atoms with Crippen molar-refractivity contribution in [1.82, 2.24) is 5.32 Å². The number of carbonyl (C=O) groups excluding carboxylic acids is 1. The van der Waals surface area contributed by atoms with Gasteiger partial charge in [-0.1, -0.05) is 19.3 Å². The highest BCUT2D eigenvalue weighted by Crippen LogP contribution is 2.39. The van der Waals surface area contributed by atoms with Gasteiger partial charge in [-0.15, -0.1) is 6.42 Å². The van der Waals surface area contributed by atoms with Crippen LogP contribution in [0.25, 0.3) is 0 Å². The van der Waals surface area contributed by atoms with Crippen LogP contribution in [-0.4, -0.2) is 24.3 Å². The number of rotatable bonds is 4. The summed E-state index contributed by atoms with van der Waals surface area (Å²) in [4.78, 5) is 11.0. The van der Waals surface area contributed by atoms with Gasteiger partial charge in [0.25, 0.3) is 0 Å². The molecule has 8 heteroatoms. The first-order chi connectivity index (χ1) is 8.04. The maximum Gasteiger partial charge on any atom is 0.409 e. The minimum Gasteiger partial charge on any atom is -0.342 e. The Balaban J connectivity index is 4.96. The number of hydrogen-bond donors (Lipinski definition) is 1. The molecule has 0 heterocycles. The topological polar surface area (TPSA) is 29.1 Å². The molecule has 0 saturated heterocycles. The van der Waals surface area contributed by atoms with E-state index in [2.05, 4.69) is 0 Å². The molecule has 1 unspecified atom stereocenters. The molecule has 0 aliphatic carbocycles. The Hall–Kier alpha value is -1.39. The zero-order valence-corrected chi connectivity index (χ0v) is 9.32. The predicted octanol–water partition coefficient (Wildman–Crippen LogP) is 2.65. The molecule has 0 bridgehead atoms. The largest absolute Gasteiger partial charge is 0.409 e. The van der Waals surface area contributed by atoms with Crippen molar-refractivity contribution in [2.45, 2.75) is 38.2 Å². The van der Waals surface area contributed by atoms with Crippen molar-refractivity contribution in [3.8, 4) is 12.3 Å². The summed E-state index contributed by atoms with van der Waals surface area (Å²) >= 11 is 0. The third kappa shape index (κ3) is 4.85. The highest BCUT2D eigenvalue weighted by Gasteiger charge is 2.61. The van der Waals surface area contributed by atoms with E-state index in [4.69, 9.17) is 6.42 Å². The van der Waals surface area contributed by atoms with E-state index in [9.17, 15) is 31.1 Å². The molecular weight excluding hydrogens is 264 g/mol. The Kier molecular flexibility index (Phi) is 5.52. The van der Waals surface area contributed by atoms with Crippen LogP contribution in [-0.2, 0) is 4.79 Å². The Morgan fingerprint density at radius 1 is 1.22 bits per heavy atom. The number of nitrogens with one attached hydrogen (secondary N) is 1. The van der Waals surface area contributed by atoms with Crippen LogP contribution >= 0.6 is 0 Å². The lowest BCUT2D eigenvalue weighted by Crippen LogP contribution is -2.50. The van der Waals surface area contributed by atoms with Gasteiger partial charge in [-0.3, -0.25) is 4.79 Å². The summed E-state index contributed by atoms with van der Waals surface area (Å²) < 4.78 is 73.0. The fourth-order valence-corrected chi connectivity index (χ4v) is 1.22. The van der Waals surface area contributed by atoms with E-state index < -0.39 is 30.2 Å². The van der Waals surface area contributed by atoms with Gasteiger partial charge in [-0.25, -0.2) is 0 Å².